The van der Waals surface area contributed by atoms with Gasteiger partial charge in [0, 0.05) is 10.6 Å². The molecule has 27 heavy (non-hydrogen) atoms. The summed E-state index contributed by atoms with van der Waals surface area (Å²) in [5, 5.41) is 7.73. The summed E-state index contributed by atoms with van der Waals surface area (Å²) < 4.78 is 47.7. The third-order valence-electron chi connectivity index (χ3n) is 3.49. The molecule has 0 saturated carbocycles. The molecule has 0 amide bonds. The highest BCUT2D eigenvalue weighted by Gasteiger charge is 2.31. The van der Waals surface area contributed by atoms with Gasteiger partial charge in [-0.05, 0) is 36.4 Å². The summed E-state index contributed by atoms with van der Waals surface area (Å²) in [5.74, 6) is 0.516. The van der Waals surface area contributed by atoms with Crippen LogP contribution in [0.15, 0.2) is 42.5 Å². The number of ether oxygens (including phenoxy) is 2. The van der Waals surface area contributed by atoms with Gasteiger partial charge in [0.1, 0.15) is 17.2 Å². The van der Waals surface area contributed by atoms with Crippen molar-refractivity contribution in [2.75, 3.05) is 11.5 Å². The largest absolute Gasteiger partial charge is 0.573 e. The molecule has 0 aliphatic rings. The molecule has 11 heteroatoms. The highest BCUT2D eigenvalue weighted by atomic mass is 35.5. The number of nitrogen functional groups attached to an aromatic ring is 2. The Morgan fingerprint density at radius 2 is 1.56 bits per heavy atom. The average Bonchev–Trinajstić information content (AvgIpc) is 2.90. The van der Waals surface area contributed by atoms with E-state index in [1.807, 2.05) is 0 Å². The van der Waals surface area contributed by atoms with Gasteiger partial charge in [-0.15, -0.1) is 23.4 Å². The first-order valence-electron chi connectivity index (χ1n) is 7.48. The van der Waals surface area contributed by atoms with E-state index in [4.69, 9.17) is 27.8 Å². The predicted molar refractivity (Wildman–Crippen MR) is 92.6 cm³/mol. The molecule has 142 valence electrons. The minimum Gasteiger partial charge on any atom is -0.457 e. The molecule has 0 saturated heterocycles. The van der Waals surface area contributed by atoms with Gasteiger partial charge in [-0.25, -0.2) is 0 Å². The Bertz CT molecular complexity index is 925. The van der Waals surface area contributed by atoms with E-state index in [1.54, 1.807) is 18.2 Å². The van der Waals surface area contributed by atoms with Crippen molar-refractivity contribution in [3.63, 3.8) is 0 Å². The quantitative estimate of drug-likeness (QED) is 0.676. The SMILES string of the molecule is Nc1nnc(N)n1Cc1c(Cl)cccc1Oc1ccc(OC(F)(F)F)cc1. The molecule has 0 spiro atoms. The number of nitrogens with zero attached hydrogens (tertiary/aromatic N) is 3. The van der Waals surface area contributed by atoms with E-state index in [-0.39, 0.29) is 29.9 Å². The highest BCUT2D eigenvalue weighted by Crippen LogP contribution is 2.33. The van der Waals surface area contributed by atoms with Crippen molar-refractivity contribution >= 4 is 23.5 Å². The molecular weight excluding hydrogens is 387 g/mol. The molecule has 0 aliphatic carbocycles. The van der Waals surface area contributed by atoms with E-state index in [2.05, 4.69) is 14.9 Å². The minimum absolute atomic E-state index is 0.104. The molecule has 3 aromatic rings. The van der Waals surface area contributed by atoms with Gasteiger partial charge in [-0.2, -0.15) is 0 Å². The Hall–Kier alpha value is -3.14. The fourth-order valence-corrected chi connectivity index (χ4v) is 2.50. The molecule has 0 radical (unpaired) electrons. The van der Waals surface area contributed by atoms with Gasteiger partial charge >= 0.3 is 6.36 Å². The number of benzene rings is 2. The normalized spacial score (nSPS) is 11.4. The van der Waals surface area contributed by atoms with E-state index in [9.17, 15) is 13.2 Å². The smallest absolute Gasteiger partial charge is 0.457 e. The molecular formula is C16H13ClF3N5O2. The van der Waals surface area contributed by atoms with Gasteiger partial charge in [0.25, 0.3) is 0 Å². The molecule has 4 N–H and O–H groups in total. The maximum Gasteiger partial charge on any atom is 0.573 e. The monoisotopic (exact) mass is 399 g/mol. The molecule has 3 rings (SSSR count). The maximum atomic E-state index is 12.2. The van der Waals surface area contributed by atoms with Crippen molar-refractivity contribution in [3.8, 4) is 17.2 Å². The van der Waals surface area contributed by atoms with E-state index in [0.717, 1.165) is 12.1 Å². The molecule has 1 heterocycles. The Morgan fingerprint density at radius 3 is 2.15 bits per heavy atom. The second-order valence-corrected chi connectivity index (χ2v) is 5.75. The Morgan fingerprint density at radius 1 is 0.963 bits per heavy atom. The van der Waals surface area contributed by atoms with Crippen molar-refractivity contribution in [2.45, 2.75) is 12.9 Å². The van der Waals surface area contributed by atoms with Gasteiger partial charge in [-0.1, -0.05) is 17.7 Å². The van der Waals surface area contributed by atoms with Crippen molar-refractivity contribution in [1.82, 2.24) is 14.8 Å². The van der Waals surface area contributed by atoms with Gasteiger partial charge in [0.15, 0.2) is 0 Å². The summed E-state index contributed by atoms with van der Waals surface area (Å²) in [5.41, 5.74) is 12.0. The zero-order valence-electron chi connectivity index (χ0n) is 13.6. The van der Waals surface area contributed by atoms with Crippen LogP contribution < -0.4 is 20.9 Å². The summed E-state index contributed by atoms with van der Waals surface area (Å²) in [6.07, 6.45) is -4.76. The van der Waals surface area contributed by atoms with E-state index in [1.165, 1.54) is 16.7 Å². The van der Waals surface area contributed by atoms with Crippen LogP contribution in [0.4, 0.5) is 25.1 Å². The van der Waals surface area contributed by atoms with Crippen LogP contribution in [-0.2, 0) is 6.54 Å². The van der Waals surface area contributed by atoms with Crippen molar-refractivity contribution < 1.29 is 22.6 Å². The summed E-state index contributed by atoms with van der Waals surface area (Å²) in [7, 11) is 0. The number of nitrogens with two attached hydrogens (primary N) is 2. The second-order valence-electron chi connectivity index (χ2n) is 5.34. The first kappa shape index (κ1) is 18.6. The lowest BCUT2D eigenvalue weighted by atomic mass is 10.2. The van der Waals surface area contributed by atoms with E-state index >= 15 is 0 Å². The number of alkyl halides is 3. The summed E-state index contributed by atoms with van der Waals surface area (Å²) in [6.45, 7) is 0.148. The van der Waals surface area contributed by atoms with Crippen molar-refractivity contribution in [2.24, 2.45) is 0 Å². The first-order valence-corrected chi connectivity index (χ1v) is 7.86. The molecule has 0 atom stereocenters. The lowest BCUT2D eigenvalue weighted by Gasteiger charge is -2.15. The van der Waals surface area contributed by atoms with Crippen LogP contribution in [0.25, 0.3) is 0 Å². The van der Waals surface area contributed by atoms with Gasteiger partial charge in [-0.3, -0.25) is 4.57 Å². The van der Waals surface area contributed by atoms with Gasteiger partial charge < -0.3 is 20.9 Å². The molecule has 0 bridgehead atoms. The second kappa shape index (κ2) is 7.23. The zero-order valence-corrected chi connectivity index (χ0v) is 14.3. The zero-order chi connectivity index (χ0) is 19.6. The lowest BCUT2D eigenvalue weighted by molar-refractivity contribution is -0.274. The molecule has 1 aromatic heterocycles. The Balaban J connectivity index is 1.84. The number of hydrogen-bond donors (Lipinski definition) is 2. The number of rotatable bonds is 5. The summed E-state index contributed by atoms with van der Waals surface area (Å²) >= 11 is 6.25. The molecule has 0 fully saturated rings. The molecule has 2 aromatic carbocycles. The minimum atomic E-state index is -4.76. The molecule has 0 unspecified atom stereocenters. The number of anilines is 2. The van der Waals surface area contributed by atoms with E-state index in [0.29, 0.717) is 16.3 Å². The van der Waals surface area contributed by atoms with Gasteiger partial charge in [0.2, 0.25) is 11.9 Å². The average molecular weight is 400 g/mol. The third-order valence-corrected chi connectivity index (χ3v) is 3.84. The molecule has 0 aliphatic heterocycles. The lowest BCUT2D eigenvalue weighted by Crippen LogP contribution is -2.16. The highest BCUT2D eigenvalue weighted by molar-refractivity contribution is 6.31. The first-order chi connectivity index (χ1) is 12.7. The van der Waals surface area contributed by atoms with Gasteiger partial charge in [0.05, 0.1) is 6.54 Å². The Labute approximate surface area is 156 Å². The fraction of sp³-hybridized carbons (Fsp3) is 0.125. The molecule has 7 nitrogen and oxygen atoms in total. The number of hydrogen-bond acceptors (Lipinski definition) is 6. The van der Waals surface area contributed by atoms with Crippen molar-refractivity contribution in [1.29, 1.82) is 0 Å². The van der Waals surface area contributed by atoms with Crippen LogP contribution in [-0.4, -0.2) is 21.1 Å². The number of aromatic nitrogens is 3. The van der Waals surface area contributed by atoms with E-state index < -0.39 is 6.36 Å². The summed E-state index contributed by atoms with van der Waals surface area (Å²) in [4.78, 5) is 0. The van der Waals surface area contributed by atoms with Crippen LogP contribution in [0, 0.1) is 0 Å². The summed E-state index contributed by atoms with van der Waals surface area (Å²) in [6, 6.07) is 9.94. The van der Waals surface area contributed by atoms with Crippen LogP contribution in [0.1, 0.15) is 5.56 Å². The Kier molecular flexibility index (Phi) is 5.00. The predicted octanol–water partition coefficient (Wildman–Crippen LogP) is 3.84. The van der Waals surface area contributed by atoms with Crippen LogP contribution in [0.2, 0.25) is 5.02 Å². The fourth-order valence-electron chi connectivity index (χ4n) is 2.27. The number of halogens is 4. The van der Waals surface area contributed by atoms with Crippen LogP contribution in [0.5, 0.6) is 17.2 Å². The maximum absolute atomic E-state index is 12.2. The van der Waals surface area contributed by atoms with Crippen molar-refractivity contribution in [3.05, 3.63) is 53.1 Å². The van der Waals surface area contributed by atoms with Crippen LogP contribution in [0.3, 0.4) is 0 Å². The van der Waals surface area contributed by atoms with Crippen LogP contribution >= 0.6 is 11.6 Å². The topological polar surface area (TPSA) is 101 Å². The standard InChI is InChI=1S/C16H13ClF3N5O2/c17-12-2-1-3-13(11(12)8-25-14(21)23-24-15(25)22)26-9-4-6-10(7-5-9)27-16(18,19)20/h1-7H,8H2,(H2,21,23)(H2,22,24). The third kappa shape index (κ3) is 4.53.